The van der Waals surface area contributed by atoms with Gasteiger partial charge in [0.05, 0.1) is 0 Å². The molecule has 2 N–H and O–H groups in total. The van der Waals surface area contributed by atoms with Gasteiger partial charge < -0.3 is 15.4 Å². The third-order valence-electron chi connectivity index (χ3n) is 2.61. The Kier molecular flexibility index (Phi) is 3.01. The highest BCUT2D eigenvalue weighted by Crippen LogP contribution is 2.15. The van der Waals surface area contributed by atoms with Crippen molar-refractivity contribution in [3.05, 3.63) is 12.1 Å². The highest BCUT2D eigenvalue weighted by molar-refractivity contribution is 5.27. The second-order valence-corrected chi connectivity index (χ2v) is 3.92. The van der Waals surface area contributed by atoms with Crippen LogP contribution in [0.2, 0.25) is 0 Å². The summed E-state index contributed by atoms with van der Waals surface area (Å²) in [5, 5.41) is 7.63. The summed E-state index contributed by atoms with van der Waals surface area (Å²) in [4.78, 5) is 2.30. The molecule has 1 aliphatic heterocycles. The molecule has 82 valence electrons. The van der Waals surface area contributed by atoms with Gasteiger partial charge in [-0.05, 0) is 26.0 Å². The Morgan fingerprint density at radius 1 is 1.33 bits per heavy atom. The van der Waals surface area contributed by atoms with Crippen molar-refractivity contribution in [2.75, 3.05) is 25.9 Å². The molecular weight excluding hydrogens is 192 g/mol. The molecular formula is C10H16N4O. The summed E-state index contributed by atoms with van der Waals surface area (Å²) < 4.78 is 5.70. The maximum atomic E-state index is 5.70. The van der Waals surface area contributed by atoms with Crippen molar-refractivity contribution < 1.29 is 4.74 Å². The fraction of sp³-hybridized carbons (Fsp3) is 0.600. The zero-order valence-corrected chi connectivity index (χ0v) is 8.89. The SMILES string of the molecule is CN1CCC(Oc2ccc(N)nn2)CC1. The van der Waals surface area contributed by atoms with Gasteiger partial charge in [0.25, 0.3) is 0 Å². The quantitative estimate of drug-likeness (QED) is 0.768. The topological polar surface area (TPSA) is 64.3 Å². The number of rotatable bonds is 2. The molecule has 1 aliphatic rings. The second-order valence-electron chi connectivity index (χ2n) is 3.92. The van der Waals surface area contributed by atoms with Crippen LogP contribution in [-0.2, 0) is 0 Å². The lowest BCUT2D eigenvalue weighted by Crippen LogP contribution is -2.35. The van der Waals surface area contributed by atoms with Gasteiger partial charge in [0.1, 0.15) is 11.9 Å². The normalized spacial score (nSPS) is 19.0. The first-order valence-electron chi connectivity index (χ1n) is 5.18. The fourth-order valence-electron chi connectivity index (χ4n) is 1.67. The summed E-state index contributed by atoms with van der Waals surface area (Å²) in [6.45, 7) is 2.15. The van der Waals surface area contributed by atoms with E-state index < -0.39 is 0 Å². The molecule has 0 radical (unpaired) electrons. The van der Waals surface area contributed by atoms with E-state index in [-0.39, 0.29) is 6.10 Å². The van der Waals surface area contributed by atoms with Crippen molar-refractivity contribution >= 4 is 5.82 Å². The summed E-state index contributed by atoms with van der Waals surface area (Å²) >= 11 is 0. The average molecular weight is 208 g/mol. The van der Waals surface area contributed by atoms with E-state index >= 15 is 0 Å². The number of aromatic nitrogens is 2. The molecule has 1 aromatic rings. The van der Waals surface area contributed by atoms with Crippen LogP contribution >= 0.6 is 0 Å². The minimum atomic E-state index is 0.263. The molecule has 15 heavy (non-hydrogen) atoms. The molecule has 1 fully saturated rings. The minimum absolute atomic E-state index is 0.263. The van der Waals surface area contributed by atoms with Crippen molar-refractivity contribution in [3.63, 3.8) is 0 Å². The first kappa shape index (κ1) is 10.2. The van der Waals surface area contributed by atoms with E-state index in [0.717, 1.165) is 25.9 Å². The summed E-state index contributed by atoms with van der Waals surface area (Å²) in [5.41, 5.74) is 5.44. The number of ether oxygens (including phenoxy) is 1. The van der Waals surface area contributed by atoms with Gasteiger partial charge in [-0.2, -0.15) is 0 Å². The van der Waals surface area contributed by atoms with Gasteiger partial charge in [-0.15, -0.1) is 10.2 Å². The van der Waals surface area contributed by atoms with Crippen molar-refractivity contribution in [3.8, 4) is 5.88 Å². The largest absolute Gasteiger partial charge is 0.473 e. The lowest BCUT2D eigenvalue weighted by molar-refractivity contribution is 0.109. The van der Waals surface area contributed by atoms with E-state index in [1.807, 2.05) is 0 Å². The third-order valence-corrected chi connectivity index (χ3v) is 2.61. The Hall–Kier alpha value is -1.36. The van der Waals surface area contributed by atoms with Crippen molar-refractivity contribution in [1.82, 2.24) is 15.1 Å². The molecule has 1 aromatic heterocycles. The number of anilines is 1. The zero-order chi connectivity index (χ0) is 10.7. The number of piperidine rings is 1. The molecule has 0 aromatic carbocycles. The standard InChI is InChI=1S/C10H16N4O/c1-14-6-4-8(5-7-14)15-10-3-2-9(11)12-13-10/h2-3,8H,4-7H2,1H3,(H2,11,12). The van der Waals surface area contributed by atoms with E-state index in [0.29, 0.717) is 11.7 Å². The van der Waals surface area contributed by atoms with Crippen LogP contribution in [0.1, 0.15) is 12.8 Å². The molecule has 0 bridgehead atoms. The van der Waals surface area contributed by atoms with Crippen molar-refractivity contribution in [2.45, 2.75) is 18.9 Å². The van der Waals surface area contributed by atoms with Gasteiger partial charge >= 0.3 is 0 Å². The lowest BCUT2D eigenvalue weighted by atomic mass is 10.1. The summed E-state index contributed by atoms with van der Waals surface area (Å²) in [5.74, 6) is 0.990. The number of nitrogen functional groups attached to an aromatic ring is 1. The molecule has 0 aliphatic carbocycles. The average Bonchev–Trinajstić information content (AvgIpc) is 2.25. The summed E-state index contributed by atoms with van der Waals surface area (Å²) in [6, 6.07) is 3.47. The second kappa shape index (κ2) is 4.44. The van der Waals surface area contributed by atoms with Gasteiger partial charge in [0, 0.05) is 19.2 Å². The van der Waals surface area contributed by atoms with E-state index in [9.17, 15) is 0 Å². The lowest BCUT2D eigenvalue weighted by Gasteiger charge is -2.28. The van der Waals surface area contributed by atoms with Crippen LogP contribution in [0.15, 0.2) is 12.1 Å². The van der Waals surface area contributed by atoms with Gasteiger partial charge in [0.2, 0.25) is 5.88 Å². The number of nitrogens with two attached hydrogens (primary N) is 1. The Balaban J connectivity index is 1.89. The van der Waals surface area contributed by atoms with Gasteiger partial charge in [-0.1, -0.05) is 0 Å². The van der Waals surface area contributed by atoms with Crippen LogP contribution in [0.3, 0.4) is 0 Å². The van der Waals surface area contributed by atoms with Gasteiger partial charge in [-0.25, -0.2) is 0 Å². The maximum Gasteiger partial charge on any atom is 0.233 e. The Morgan fingerprint density at radius 2 is 2.07 bits per heavy atom. The Labute approximate surface area is 89.2 Å². The van der Waals surface area contributed by atoms with Crippen LogP contribution in [0.5, 0.6) is 5.88 Å². The van der Waals surface area contributed by atoms with Crippen LogP contribution in [0.4, 0.5) is 5.82 Å². The molecule has 5 heteroatoms. The number of nitrogens with zero attached hydrogens (tertiary/aromatic N) is 3. The highest BCUT2D eigenvalue weighted by Gasteiger charge is 2.18. The highest BCUT2D eigenvalue weighted by atomic mass is 16.5. The number of hydrogen-bond acceptors (Lipinski definition) is 5. The number of likely N-dealkylation sites (tertiary alicyclic amines) is 1. The molecule has 0 saturated carbocycles. The smallest absolute Gasteiger partial charge is 0.233 e. The molecule has 0 spiro atoms. The first-order chi connectivity index (χ1) is 7.24. The Morgan fingerprint density at radius 3 is 2.67 bits per heavy atom. The fourth-order valence-corrected chi connectivity index (χ4v) is 1.67. The monoisotopic (exact) mass is 208 g/mol. The predicted octanol–water partition coefficient (Wildman–Crippen LogP) is 0.532. The third kappa shape index (κ3) is 2.79. The van der Waals surface area contributed by atoms with E-state index in [2.05, 4.69) is 22.1 Å². The molecule has 1 saturated heterocycles. The number of hydrogen-bond donors (Lipinski definition) is 1. The van der Waals surface area contributed by atoms with Crippen LogP contribution < -0.4 is 10.5 Å². The van der Waals surface area contributed by atoms with E-state index in [1.54, 1.807) is 12.1 Å². The first-order valence-corrected chi connectivity index (χ1v) is 5.18. The van der Waals surface area contributed by atoms with Gasteiger partial charge in [-0.3, -0.25) is 0 Å². The predicted molar refractivity (Wildman–Crippen MR) is 57.6 cm³/mol. The van der Waals surface area contributed by atoms with Crippen LogP contribution in [0.25, 0.3) is 0 Å². The van der Waals surface area contributed by atoms with Crippen molar-refractivity contribution in [1.29, 1.82) is 0 Å². The minimum Gasteiger partial charge on any atom is -0.473 e. The van der Waals surface area contributed by atoms with Gasteiger partial charge in [0.15, 0.2) is 0 Å². The molecule has 0 atom stereocenters. The Bertz CT molecular complexity index is 306. The van der Waals surface area contributed by atoms with E-state index in [4.69, 9.17) is 10.5 Å². The van der Waals surface area contributed by atoms with Crippen LogP contribution in [0, 0.1) is 0 Å². The molecule has 0 amide bonds. The zero-order valence-electron chi connectivity index (χ0n) is 8.89. The molecule has 0 unspecified atom stereocenters. The van der Waals surface area contributed by atoms with E-state index in [1.165, 1.54) is 0 Å². The maximum absolute atomic E-state index is 5.70. The molecule has 2 heterocycles. The van der Waals surface area contributed by atoms with Crippen LogP contribution in [-0.4, -0.2) is 41.3 Å². The van der Waals surface area contributed by atoms with Crippen molar-refractivity contribution in [2.24, 2.45) is 0 Å². The summed E-state index contributed by atoms with van der Waals surface area (Å²) in [6.07, 6.45) is 2.35. The molecule has 5 nitrogen and oxygen atoms in total. The molecule has 2 rings (SSSR count). The summed E-state index contributed by atoms with van der Waals surface area (Å²) in [7, 11) is 2.12.